The zero-order valence-electron chi connectivity index (χ0n) is 10.9. The molecule has 0 aliphatic rings. The van der Waals surface area contributed by atoms with Crippen LogP contribution in [0.2, 0.25) is 0 Å². The molecule has 3 N–H and O–H groups in total. The van der Waals surface area contributed by atoms with E-state index in [1.54, 1.807) is 0 Å². The second-order valence-corrected chi connectivity index (χ2v) is 4.58. The van der Waals surface area contributed by atoms with E-state index >= 15 is 0 Å². The zero-order valence-corrected chi connectivity index (χ0v) is 10.9. The summed E-state index contributed by atoms with van der Waals surface area (Å²) in [7, 11) is 0. The van der Waals surface area contributed by atoms with Crippen molar-refractivity contribution in [2.24, 2.45) is 11.7 Å². The Morgan fingerprint density at radius 1 is 1.41 bits per heavy atom. The number of rotatable bonds is 5. The fourth-order valence-corrected chi connectivity index (χ4v) is 1.73. The Morgan fingerprint density at radius 2 is 2.12 bits per heavy atom. The minimum atomic E-state index is 0.0519. The first-order chi connectivity index (χ1) is 8.06. The van der Waals surface area contributed by atoms with Crippen LogP contribution in [-0.4, -0.2) is 12.5 Å². The van der Waals surface area contributed by atoms with Gasteiger partial charge in [0.15, 0.2) is 0 Å². The lowest BCUT2D eigenvalue weighted by Gasteiger charge is -2.13. The number of amides is 1. The molecule has 0 bridgehead atoms. The maximum Gasteiger partial charge on any atom is 0.224 e. The molecule has 0 fully saturated rings. The molecule has 0 saturated heterocycles. The highest BCUT2D eigenvalue weighted by Crippen LogP contribution is 2.17. The molecule has 0 saturated carbocycles. The number of benzene rings is 1. The molecule has 0 aliphatic carbocycles. The van der Waals surface area contributed by atoms with Gasteiger partial charge in [-0.1, -0.05) is 25.5 Å². The highest BCUT2D eigenvalue weighted by atomic mass is 16.1. The highest BCUT2D eigenvalue weighted by Gasteiger charge is 2.11. The van der Waals surface area contributed by atoms with Crippen LogP contribution < -0.4 is 11.1 Å². The van der Waals surface area contributed by atoms with Crippen LogP contribution >= 0.6 is 0 Å². The van der Waals surface area contributed by atoms with Crippen LogP contribution in [0.25, 0.3) is 0 Å². The molecule has 0 aromatic heterocycles. The Morgan fingerprint density at radius 3 is 2.71 bits per heavy atom. The number of hydrogen-bond donors (Lipinski definition) is 2. The van der Waals surface area contributed by atoms with Gasteiger partial charge in [-0.15, -0.1) is 0 Å². The monoisotopic (exact) mass is 234 g/mol. The van der Waals surface area contributed by atoms with Crippen LogP contribution in [0.15, 0.2) is 18.2 Å². The van der Waals surface area contributed by atoms with Crippen molar-refractivity contribution in [2.75, 3.05) is 11.9 Å². The number of carbonyl (C=O) groups is 1. The van der Waals surface area contributed by atoms with Crippen molar-refractivity contribution < 1.29 is 4.79 Å². The van der Waals surface area contributed by atoms with E-state index in [0.717, 1.165) is 23.2 Å². The molecule has 1 atom stereocenters. The number of hydrogen-bond acceptors (Lipinski definition) is 2. The fourth-order valence-electron chi connectivity index (χ4n) is 1.73. The number of nitrogens with one attached hydrogen (secondary N) is 1. The van der Waals surface area contributed by atoms with E-state index in [0.29, 0.717) is 13.0 Å². The molecule has 0 spiro atoms. The quantitative estimate of drug-likeness (QED) is 0.822. The van der Waals surface area contributed by atoms with Gasteiger partial charge < -0.3 is 11.1 Å². The molecule has 3 heteroatoms. The van der Waals surface area contributed by atoms with Crippen LogP contribution in [0.4, 0.5) is 5.69 Å². The van der Waals surface area contributed by atoms with Gasteiger partial charge in [-0.25, -0.2) is 0 Å². The van der Waals surface area contributed by atoms with E-state index in [1.807, 2.05) is 32.0 Å². The number of carbonyl (C=O) groups excluding carboxylic acids is 1. The summed E-state index contributed by atoms with van der Waals surface area (Å²) in [4.78, 5) is 11.8. The summed E-state index contributed by atoms with van der Waals surface area (Å²) in [5.41, 5.74) is 8.74. The second-order valence-electron chi connectivity index (χ2n) is 4.58. The Hall–Kier alpha value is -1.35. The minimum absolute atomic E-state index is 0.0519. The van der Waals surface area contributed by atoms with Gasteiger partial charge in [0.1, 0.15) is 0 Å². The summed E-state index contributed by atoms with van der Waals surface area (Å²) in [5, 5.41) is 2.96. The van der Waals surface area contributed by atoms with Gasteiger partial charge in [-0.05, 0) is 43.5 Å². The third-order valence-electron chi connectivity index (χ3n) is 3.05. The standard InChI is InChI=1S/C14H22N2O/c1-4-12(9-15)8-14(17)16-13-7-10(2)5-6-11(13)3/h5-7,12H,4,8-9,15H2,1-3H3,(H,16,17). The molecular weight excluding hydrogens is 212 g/mol. The first-order valence-corrected chi connectivity index (χ1v) is 6.14. The van der Waals surface area contributed by atoms with Crippen molar-refractivity contribution in [3.63, 3.8) is 0 Å². The Labute approximate surface area is 103 Å². The zero-order chi connectivity index (χ0) is 12.8. The maximum atomic E-state index is 11.8. The van der Waals surface area contributed by atoms with E-state index in [4.69, 9.17) is 5.73 Å². The Kier molecular flexibility index (Phi) is 5.16. The minimum Gasteiger partial charge on any atom is -0.330 e. The molecule has 1 rings (SSSR count). The molecule has 1 amide bonds. The molecule has 0 aliphatic heterocycles. The van der Waals surface area contributed by atoms with Gasteiger partial charge in [0.05, 0.1) is 0 Å². The average molecular weight is 234 g/mol. The third-order valence-corrected chi connectivity index (χ3v) is 3.05. The third kappa shape index (κ3) is 4.19. The number of aryl methyl sites for hydroxylation is 2. The smallest absolute Gasteiger partial charge is 0.224 e. The van der Waals surface area contributed by atoms with Crippen LogP contribution in [0.3, 0.4) is 0 Å². The Bertz CT molecular complexity index is 384. The van der Waals surface area contributed by atoms with Crippen molar-refractivity contribution in [3.8, 4) is 0 Å². The summed E-state index contributed by atoms with van der Waals surface area (Å²) in [6, 6.07) is 6.06. The molecule has 94 valence electrons. The SMILES string of the molecule is CCC(CN)CC(=O)Nc1cc(C)ccc1C. The van der Waals surface area contributed by atoms with Crippen LogP contribution in [-0.2, 0) is 4.79 Å². The van der Waals surface area contributed by atoms with Crippen molar-refractivity contribution in [1.29, 1.82) is 0 Å². The molecular formula is C14H22N2O. The summed E-state index contributed by atoms with van der Waals surface area (Å²) >= 11 is 0. The summed E-state index contributed by atoms with van der Waals surface area (Å²) < 4.78 is 0. The van der Waals surface area contributed by atoms with Gasteiger partial charge in [0.2, 0.25) is 5.91 Å². The first-order valence-electron chi connectivity index (χ1n) is 6.14. The normalized spacial score (nSPS) is 12.2. The molecule has 0 radical (unpaired) electrons. The van der Waals surface area contributed by atoms with Gasteiger partial charge in [-0.3, -0.25) is 4.79 Å². The topological polar surface area (TPSA) is 55.1 Å². The molecule has 1 unspecified atom stereocenters. The van der Waals surface area contributed by atoms with Crippen molar-refractivity contribution in [3.05, 3.63) is 29.3 Å². The van der Waals surface area contributed by atoms with Gasteiger partial charge >= 0.3 is 0 Å². The molecule has 1 aromatic carbocycles. The number of anilines is 1. The summed E-state index contributed by atoms with van der Waals surface area (Å²) in [5.74, 6) is 0.330. The van der Waals surface area contributed by atoms with Crippen LogP contribution in [0.1, 0.15) is 30.9 Å². The molecule has 0 heterocycles. The van der Waals surface area contributed by atoms with E-state index in [-0.39, 0.29) is 11.8 Å². The van der Waals surface area contributed by atoms with Gasteiger partial charge in [0.25, 0.3) is 0 Å². The van der Waals surface area contributed by atoms with Crippen molar-refractivity contribution in [1.82, 2.24) is 0 Å². The van der Waals surface area contributed by atoms with E-state index < -0.39 is 0 Å². The molecule has 17 heavy (non-hydrogen) atoms. The lowest BCUT2D eigenvalue weighted by molar-refractivity contribution is -0.117. The van der Waals surface area contributed by atoms with Crippen LogP contribution in [0.5, 0.6) is 0 Å². The summed E-state index contributed by atoms with van der Waals surface area (Å²) in [6.45, 7) is 6.64. The predicted octanol–water partition coefficient (Wildman–Crippen LogP) is 2.62. The largest absolute Gasteiger partial charge is 0.330 e. The van der Waals surface area contributed by atoms with Gasteiger partial charge in [0, 0.05) is 12.1 Å². The molecule has 3 nitrogen and oxygen atoms in total. The second kappa shape index (κ2) is 6.40. The highest BCUT2D eigenvalue weighted by molar-refractivity contribution is 5.91. The predicted molar refractivity (Wildman–Crippen MR) is 72.0 cm³/mol. The number of nitrogens with two attached hydrogens (primary N) is 1. The molecule has 1 aromatic rings. The van der Waals surface area contributed by atoms with Crippen molar-refractivity contribution >= 4 is 11.6 Å². The Balaban J connectivity index is 2.64. The van der Waals surface area contributed by atoms with E-state index in [9.17, 15) is 4.79 Å². The van der Waals surface area contributed by atoms with Crippen molar-refractivity contribution in [2.45, 2.75) is 33.6 Å². The van der Waals surface area contributed by atoms with E-state index in [1.165, 1.54) is 0 Å². The first kappa shape index (κ1) is 13.7. The maximum absolute atomic E-state index is 11.8. The van der Waals surface area contributed by atoms with Gasteiger partial charge in [-0.2, -0.15) is 0 Å². The lowest BCUT2D eigenvalue weighted by Crippen LogP contribution is -2.22. The lowest BCUT2D eigenvalue weighted by atomic mass is 10.0. The fraction of sp³-hybridized carbons (Fsp3) is 0.500. The van der Waals surface area contributed by atoms with Crippen LogP contribution in [0, 0.1) is 19.8 Å². The van der Waals surface area contributed by atoms with E-state index in [2.05, 4.69) is 12.2 Å². The summed E-state index contributed by atoms with van der Waals surface area (Å²) in [6.07, 6.45) is 1.44. The average Bonchev–Trinajstić information content (AvgIpc) is 2.31.